The van der Waals surface area contributed by atoms with Gasteiger partial charge in [0.05, 0.1) is 5.69 Å². The molecule has 24 heavy (non-hydrogen) atoms. The van der Waals surface area contributed by atoms with Crippen molar-refractivity contribution in [3.8, 4) is 0 Å². The second-order valence-electron chi connectivity index (χ2n) is 4.73. The Labute approximate surface area is 178 Å². The fraction of sp³-hybridized carbons (Fsp3) is 0.308. The maximum absolute atomic E-state index is 12.4. The molecule has 0 aromatic heterocycles. The first-order valence-electron chi connectivity index (χ1n) is 6.32. The largest absolute Gasteiger partial charge is 0.337 e. The van der Waals surface area contributed by atoms with Gasteiger partial charge < -0.3 is 0 Å². The monoisotopic (exact) mass is 581 g/mol. The smallest absolute Gasteiger partial charge is 0.265 e. The summed E-state index contributed by atoms with van der Waals surface area (Å²) in [6, 6.07) is 8.03. The summed E-state index contributed by atoms with van der Waals surface area (Å²) < 4.78 is -2.84. The number of halogens is 6. The van der Waals surface area contributed by atoms with Crippen molar-refractivity contribution in [1.29, 1.82) is 0 Å². The number of hydrogen-bond donors (Lipinski definition) is 0. The zero-order valence-electron chi connectivity index (χ0n) is 11.9. The Balaban J connectivity index is 2.49. The number of carbonyl (C=O) groups excluding carboxylic acids is 2. The topological polar surface area (TPSA) is 53.0 Å². The Morgan fingerprint density at radius 1 is 1.12 bits per heavy atom. The highest BCUT2D eigenvalue weighted by Gasteiger charge is 2.51. The number of amides is 3. The van der Waals surface area contributed by atoms with Crippen molar-refractivity contribution in [3.63, 3.8) is 0 Å². The number of amidine groups is 1. The molecule has 0 spiro atoms. The van der Waals surface area contributed by atoms with E-state index in [0.717, 1.165) is 9.80 Å². The van der Waals surface area contributed by atoms with E-state index in [1.807, 2.05) is 0 Å². The number of likely N-dealkylation sites (N-methyl/N-ethyl adjacent to an activating group) is 1. The number of urea groups is 1. The van der Waals surface area contributed by atoms with E-state index in [1.54, 1.807) is 30.3 Å². The summed E-state index contributed by atoms with van der Waals surface area (Å²) in [5.74, 6) is -0.779. The van der Waals surface area contributed by atoms with Gasteiger partial charge in [0.15, 0.2) is 12.0 Å². The molecule has 0 radical (unpaired) electrons. The minimum absolute atomic E-state index is 0.170. The van der Waals surface area contributed by atoms with Gasteiger partial charge in [0, 0.05) is 7.05 Å². The van der Waals surface area contributed by atoms with Gasteiger partial charge in [0.2, 0.25) is 5.84 Å². The molecule has 130 valence electrons. The maximum atomic E-state index is 12.4. The number of imide groups is 1. The Morgan fingerprint density at radius 3 is 2.17 bits per heavy atom. The molecule has 0 bridgehead atoms. The van der Waals surface area contributed by atoms with Crippen molar-refractivity contribution in [2.24, 2.45) is 4.99 Å². The fourth-order valence-electron chi connectivity index (χ4n) is 1.82. The number of benzene rings is 1. The van der Waals surface area contributed by atoms with Crippen LogP contribution >= 0.6 is 82.6 Å². The van der Waals surface area contributed by atoms with Crippen LogP contribution in [0.1, 0.15) is 0 Å². The molecule has 0 aliphatic carbocycles. The minimum Gasteiger partial charge on any atom is -0.265 e. The quantitative estimate of drug-likeness (QED) is 0.283. The first-order valence-corrected chi connectivity index (χ1v) is 9.89. The lowest BCUT2D eigenvalue weighted by atomic mass is 10.3. The second-order valence-corrected chi connectivity index (χ2v) is 13.3. The van der Waals surface area contributed by atoms with Gasteiger partial charge in [-0.2, -0.15) is 0 Å². The number of alkyl halides is 6. The summed E-state index contributed by atoms with van der Waals surface area (Å²) in [5, 5.41) is 0. The molecule has 1 aromatic carbocycles. The fourth-order valence-corrected chi connectivity index (χ4v) is 3.22. The maximum Gasteiger partial charge on any atom is 0.337 e. The van der Waals surface area contributed by atoms with Crippen molar-refractivity contribution in [3.05, 3.63) is 30.3 Å². The number of rotatable bonds is 3. The van der Waals surface area contributed by atoms with E-state index < -0.39 is 23.9 Å². The Morgan fingerprint density at radius 2 is 1.67 bits per heavy atom. The third-order valence-electron chi connectivity index (χ3n) is 3.11. The van der Waals surface area contributed by atoms with Crippen molar-refractivity contribution in [2.75, 3.05) is 11.9 Å². The molecule has 1 fully saturated rings. The van der Waals surface area contributed by atoms with Crippen molar-refractivity contribution < 1.29 is 9.59 Å². The Bertz CT molecular complexity index is 695. The number of carbonyl (C=O) groups is 2. The molecule has 0 N–H and O–H groups in total. The Hall–Kier alpha value is 0.140. The van der Waals surface area contributed by atoms with Crippen molar-refractivity contribution in [1.82, 2.24) is 4.90 Å². The molecule has 1 aromatic rings. The van der Waals surface area contributed by atoms with Gasteiger partial charge in [0.25, 0.3) is 5.91 Å². The molecule has 1 heterocycles. The normalized spacial score (nSPS) is 19.4. The molecule has 1 saturated heterocycles. The average molecular weight is 585 g/mol. The highest BCUT2D eigenvalue weighted by molar-refractivity contribution is 9.39. The lowest BCUT2D eigenvalue weighted by Gasteiger charge is -2.30. The van der Waals surface area contributed by atoms with E-state index in [0.29, 0.717) is 5.69 Å². The van der Waals surface area contributed by atoms with E-state index in [-0.39, 0.29) is 5.84 Å². The molecule has 0 saturated carbocycles. The van der Waals surface area contributed by atoms with Crippen LogP contribution in [0.3, 0.4) is 0 Å². The number of para-hydroxylation sites is 1. The van der Waals surface area contributed by atoms with Gasteiger partial charge in [-0.15, -0.1) is 0 Å². The lowest BCUT2D eigenvalue weighted by molar-refractivity contribution is -0.119. The molecule has 2 rings (SSSR count). The van der Waals surface area contributed by atoms with Crippen LogP contribution in [0.5, 0.6) is 0 Å². The lowest BCUT2D eigenvalue weighted by Crippen LogP contribution is -2.40. The molecular formula is C13H9Br3Cl3N3O2. The third kappa shape index (κ3) is 3.78. The van der Waals surface area contributed by atoms with Crippen molar-refractivity contribution in [2.45, 2.75) is 12.0 Å². The highest BCUT2D eigenvalue weighted by Crippen LogP contribution is 2.53. The van der Waals surface area contributed by atoms with E-state index in [2.05, 4.69) is 52.8 Å². The molecule has 5 nitrogen and oxygen atoms in total. The highest BCUT2D eigenvalue weighted by atomic mass is 80.0. The van der Waals surface area contributed by atoms with Gasteiger partial charge in [-0.05, 0) is 12.1 Å². The first-order chi connectivity index (χ1) is 11.0. The molecule has 1 atom stereocenters. The van der Waals surface area contributed by atoms with Gasteiger partial charge in [-0.1, -0.05) is 101 Å². The van der Waals surface area contributed by atoms with E-state index in [9.17, 15) is 9.59 Å². The van der Waals surface area contributed by atoms with Crippen LogP contribution in [-0.4, -0.2) is 41.7 Å². The number of nitrogens with zero attached hydrogens (tertiary/aromatic N) is 3. The zero-order chi connectivity index (χ0) is 18.3. The molecule has 1 aliphatic rings. The average Bonchev–Trinajstić information content (AvgIpc) is 2.71. The number of anilines is 1. The summed E-state index contributed by atoms with van der Waals surface area (Å²) >= 11 is 28.2. The van der Waals surface area contributed by atoms with E-state index in [1.165, 1.54) is 7.05 Å². The number of hydrogen-bond acceptors (Lipinski definition) is 3. The van der Waals surface area contributed by atoms with Crippen molar-refractivity contribution >= 4 is 106 Å². The summed E-state index contributed by atoms with van der Waals surface area (Å²) in [4.78, 5) is 30.9. The third-order valence-corrected chi connectivity index (χ3v) is 7.99. The zero-order valence-corrected chi connectivity index (χ0v) is 18.9. The Kier molecular flexibility index (Phi) is 6.31. The van der Waals surface area contributed by atoms with E-state index >= 15 is 0 Å². The summed E-state index contributed by atoms with van der Waals surface area (Å²) in [5.41, 5.74) is -0.788. The summed E-state index contributed by atoms with van der Waals surface area (Å²) in [6.07, 6.45) is 0. The summed E-state index contributed by atoms with van der Waals surface area (Å²) in [7, 11) is 1.35. The molecule has 3 amide bonds. The molecule has 11 heteroatoms. The second kappa shape index (κ2) is 7.40. The van der Waals surface area contributed by atoms with Crippen LogP contribution in [0.25, 0.3) is 0 Å². The predicted molar refractivity (Wildman–Crippen MR) is 108 cm³/mol. The SMILES string of the molecule is CN1C(=O)C(=NC(Cl)C(Cl)(Cl)C(Br)(Br)Br)N(c2ccccc2)C1=O. The molecular weight excluding hydrogens is 576 g/mol. The van der Waals surface area contributed by atoms with Crippen LogP contribution in [0.4, 0.5) is 10.5 Å². The molecule has 1 aliphatic heterocycles. The first kappa shape index (κ1) is 20.5. The summed E-state index contributed by atoms with van der Waals surface area (Å²) in [6.45, 7) is 0. The van der Waals surface area contributed by atoms with Crippen LogP contribution < -0.4 is 4.90 Å². The van der Waals surface area contributed by atoms with Crippen LogP contribution in [0.2, 0.25) is 0 Å². The minimum atomic E-state index is -1.69. The van der Waals surface area contributed by atoms with Crippen LogP contribution in [-0.2, 0) is 4.79 Å². The standard InChI is InChI=1S/C13H9Br3Cl3N3O2/c1-21-9(23)8(20-10(17)12(18,19)13(14,15)16)22(11(21)24)7-5-3-2-4-6-7/h2-6,10H,1H3. The van der Waals surface area contributed by atoms with Gasteiger partial charge in [-0.3, -0.25) is 9.69 Å². The van der Waals surface area contributed by atoms with Crippen LogP contribution in [0.15, 0.2) is 35.3 Å². The van der Waals surface area contributed by atoms with Gasteiger partial charge in [0.1, 0.15) is 0 Å². The van der Waals surface area contributed by atoms with Gasteiger partial charge >= 0.3 is 6.03 Å². The molecule has 1 unspecified atom stereocenters. The van der Waals surface area contributed by atoms with Crippen LogP contribution in [0, 0.1) is 0 Å². The van der Waals surface area contributed by atoms with E-state index in [4.69, 9.17) is 34.8 Å². The van der Waals surface area contributed by atoms with Gasteiger partial charge in [-0.25, -0.2) is 14.7 Å². The predicted octanol–water partition coefficient (Wildman–Crippen LogP) is 5.06. The number of aliphatic imine (C=N–C) groups is 1.